The molecule has 0 heterocycles. The molecule has 0 fully saturated rings. The molecule has 1 unspecified atom stereocenters. The molecule has 1 N–H and O–H groups in total. The average molecular weight is 394 g/mol. The topological polar surface area (TPSA) is 12.0 Å². The Balaban J connectivity index is 2.47. The third-order valence-electron chi connectivity index (χ3n) is 2.84. The van der Waals surface area contributed by atoms with Gasteiger partial charge in [0, 0.05) is 8.59 Å². The van der Waals surface area contributed by atoms with Gasteiger partial charge in [-0.15, -0.1) is 0 Å². The highest BCUT2D eigenvalue weighted by atomic mass is 127. The molecule has 0 aliphatic carbocycles. The minimum absolute atomic E-state index is 0.205. The molecule has 0 aliphatic heterocycles. The third-order valence-corrected chi connectivity index (χ3v) is 3.89. The predicted molar refractivity (Wildman–Crippen MR) is 81.4 cm³/mol. The van der Waals surface area contributed by atoms with Gasteiger partial charge in [0.1, 0.15) is 0 Å². The smallest absolute Gasteiger partial charge is 0.160 e. The van der Waals surface area contributed by atoms with Crippen LogP contribution in [0.4, 0.5) is 8.78 Å². The summed E-state index contributed by atoms with van der Waals surface area (Å²) in [5, 5.41) is 3.27. The van der Waals surface area contributed by atoms with Gasteiger partial charge in [0.05, 0.1) is 6.04 Å². The van der Waals surface area contributed by atoms with Crippen molar-refractivity contribution < 1.29 is 8.78 Å². The molecule has 0 spiro atoms. The fraction of sp³-hybridized carbons (Fsp3) is 0.143. The second-order valence-corrected chi connectivity index (χ2v) is 5.71. The van der Waals surface area contributed by atoms with E-state index in [1.54, 1.807) is 7.05 Å². The molecule has 1 atom stereocenters. The Hall–Kier alpha value is -0.720. The van der Waals surface area contributed by atoms with Gasteiger partial charge >= 0.3 is 0 Å². The zero-order valence-corrected chi connectivity index (χ0v) is 13.0. The molecule has 2 aromatic carbocycles. The minimum Gasteiger partial charge on any atom is -0.309 e. The van der Waals surface area contributed by atoms with Gasteiger partial charge in [0.25, 0.3) is 0 Å². The fourth-order valence-corrected chi connectivity index (χ4v) is 2.54. The molecular formula is C14H11ClF2IN. The monoisotopic (exact) mass is 393 g/mol. The van der Waals surface area contributed by atoms with Crippen LogP contribution in [0.15, 0.2) is 36.4 Å². The lowest BCUT2D eigenvalue weighted by molar-refractivity contribution is 0.505. The predicted octanol–water partition coefficient (Wildman–Crippen LogP) is 4.53. The van der Waals surface area contributed by atoms with Crippen molar-refractivity contribution in [2.75, 3.05) is 7.05 Å². The van der Waals surface area contributed by atoms with Crippen molar-refractivity contribution in [1.29, 1.82) is 0 Å². The fourth-order valence-electron chi connectivity index (χ4n) is 1.92. The number of hydrogen-bond acceptors (Lipinski definition) is 1. The summed E-state index contributed by atoms with van der Waals surface area (Å²) in [7, 11) is 1.75. The zero-order chi connectivity index (χ0) is 14.0. The summed E-state index contributed by atoms with van der Waals surface area (Å²) >= 11 is 8.21. The summed E-state index contributed by atoms with van der Waals surface area (Å²) in [6.45, 7) is 0. The van der Waals surface area contributed by atoms with Gasteiger partial charge in [-0.05, 0) is 65.0 Å². The highest BCUT2D eigenvalue weighted by Gasteiger charge is 2.18. The van der Waals surface area contributed by atoms with Crippen molar-refractivity contribution in [1.82, 2.24) is 5.32 Å². The molecule has 0 saturated heterocycles. The van der Waals surface area contributed by atoms with E-state index in [2.05, 4.69) is 27.9 Å². The first-order valence-electron chi connectivity index (χ1n) is 5.60. The van der Waals surface area contributed by atoms with Crippen molar-refractivity contribution in [3.8, 4) is 0 Å². The molecule has 0 saturated carbocycles. The van der Waals surface area contributed by atoms with E-state index in [0.29, 0.717) is 5.56 Å². The summed E-state index contributed by atoms with van der Waals surface area (Å²) < 4.78 is 27.6. The number of halogens is 4. The van der Waals surface area contributed by atoms with E-state index >= 15 is 0 Å². The van der Waals surface area contributed by atoms with Gasteiger partial charge in [0.2, 0.25) is 0 Å². The van der Waals surface area contributed by atoms with Crippen LogP contribution < -0.4 is 5.32 Å². The molecule has 0 bridgehead atoms. The van der Waals surface area contributed by atoms with Gasteiger partial charge in [-0.1, -0.05) is 23.7 Å². The van der Waals surface area contributed by atoms with Gasteiger partial charge in [-0.25, -0.2) is 8.78 Å². The van der Waals surface area contributed by atoms with E-state index in [1.165, 1.54) is 0 Å². The highest BCUT2D eigenvalue weighted by molar-refractivity contribution is 14.1. The van der Waals surface area contributed by atoms with Gasteiger partial charge in [-0.3, -0.25) is 0 Å². The number of hydrogen-bond donors (Lipinski definition) is 1. The van der Waals surface area contributed by atoms with E-state index < -0.39 is 11.6 Å². The van der Waals surface area contributed by atoms with Crippen molar-refractivity contribution in [3.05, 3.63) is 67.8 Å². The molecule has 0 aromatic heterocycles. The molecule has 100 valence electrons. The quantitative estimate of drug-likeness (QED) is 0.597. The van der Waals surface area contributed by atoms with Crippen molar-refractivity contribution in [2.45, 2.75) is 6.04 Å². The largest absolute Gasteiger partial charge is 0.309 e. The molecule has 0 radical (unpaired) electrons. The Morgan fingerprint density at radius 2 is 1.68 bits per heavy atom. The third kappa shape index (κ3) is 3.24. The van der Waals surface area contributed by atoms with Crippen LogP contribution in [0.25, 0.3) is 0 Å². The second-order valence-electron chi connectivity index (χ2n) is 4.06. The molecule has 0 aliphatic rings. The Morgan fingerprint density at radius 3 is 2.26 bits per heavy atom. The van der Waals surface area contributed by atoms with Crippen LogP contribution in [-0.2, 0) is 0 Å². The molecule has 1 nitrogen and oxygen atoms in total. The van der Waals surface area contributed by atoms with Crippen molar-refractivity contribution in [3.63, 3.8) is 0 Å². The molecule has 5 heteroatoms. The molecule has 0 amide bonds. The maximum absolute atomic E-state index is 13.4. The van der Waals surface area contributed by atoms with E-state index in [4.69, 9.17) is 11.6 Å². The van der Waals surface area contributed by atoms with Gasteiger partial charge in [0.15, 0.2) is 11.6 Å². The summed E-state index contributed by atoms with van der Waals surface area (Å²) in [4.78, 5) is 0. The first kappa shape index (κ1) is 14.7. The maximum Gasteiger partial charge on any atom is 0.160 e. The van der Waals surface area contributed by atoms with E-state index in [-0.39, 0.29) is 11.1 Å². The SMILES string of the molecule is CNC(c1ccc(I)cc1)c1cc(F)c(F)cc1Cl. The van der Waals surface area contributed by atoms with E-state index in [9.17, 15) is 8.78 Å². The van der Waals surface area contributed by atoms with E-state index in [1.807, 2.05) is 24.3 Å². The lowest BCUT2D eigenvalue weighted by atomic mass is 9.98. The normalized spacial score (nSPS) is 12.5. The maximum atomic E-state index is 13.4. The zero-order valence-electron chi connectivity index (χ0n) is 10.1. The van der Waals surface area contributed by atoms with Crippen LogP contribution in [-0.4, -0.2) is 7.05 Å². The Labute approximate surface area is 129 Å². The Morgan fingerprint density at radius 1 is 1.11 bits per heavy atom. The molecule has 2 aromatic rings. The Kier molecular flexibility index (Phi) is 4.76. The minimum atomic E-state index is -0.939. The lowest BCUT2D eigenvalue weighted by Gasteiger charge is -2.19. The van der Waals surface area contributed by atoms with Crippen LogP contribution in [0.5, 0.6) is 0 Å². The lowest BCUT2D eigenvalue weighted by Crippen LogP contribution is -2.18. The molecular weight excluding hydrogens is 383 g/mol. The van der Waals surface area contributed by atoms with Crippen LogP contribution in [0, 0.1) is 15.2 Å². The second kappa shape index (κ2) is 6.15. The van der Waals surface area contributed by atoms with Crippen LogP contribution in [0.3, 0.4) is 0 Å². The van der Waals surface area contributed by atoms with E-state index in [0.717, 1.165) is 21.3 Å². The number of nitrogens with one attached hydrogen (secondary N) is 1. The van der Waals surface area contributed by atoms with Gasteiger partial charge < -0.3 is 5.32 Å². The summed E-state index contributed by atoms with van der Waals surface area (Å²) in [6.07, 6.45) is 0. The highest BCUT2D eigenvalue weighted by Crippen LogP contribution is 2.30. The Bertz CT molecular complexity index is 587. The first-order chi connectivity index (χ1) is 9.02. The van der Waals surface area contributed by atoms with Gasteiger partial charge in [-0.2, -0.15) is 0 Å². The van der Waals surface area contributed by atoms with Crippen LogP contribution in [0.1, 0.15) is 17.2 Å². The summed E-state index contributed by atoms with van der Waals surface area (Å²) in [6, 6.07) is 9.63. The summed E-state index contributed by atoms with van der Waals surface area (Å²) in [5.41, 5.74) is 1.46. The summed E-state index contributed by atoms with van der Waals surface area (Å²) in [5.74, 6) is -1.84. The number of benzene rings is 2. The standard InChI is InChI=1S/C14H11ClF2IN/c1-19-14(8-2-4-9(18)5-3-8)10-6-12(16)13(17)7-11(10)15/h2-7,14,19H,1H3. The molecule has 2 rings (SSSR count). The van der Waals surface area contributed by atoms with Crippen LogP contribution in [0.2, 0.25) is 5.02 Å². The molecule has 19 heavy (non-hydrogen) atoms. The van der Waals surface area contributed by atoms with Crippen molar-refractivity contribution in [2.24, 2.45) is 0 Å². The van der Waals surface area contributed by atoms with Crippen LogP contribution >= 0.6 is 34.2 Å². The number of rotatable bonds is 3. The van der Waals surface area contributed by atoms with Crippen molar-refractivity contribution >= 4 is 34.2 Å². The first-order valence-corrected chi connectivity index (χ1v) is 7.05. The average Bonchev–Trinajstić information content (AvgIpc) is 2.38.